The van der Waals surface area contributed by atoms with Gasteiger partial charge in [0.1, 0.15) is 12.3 Å². The molecule has 0 aliphatic carbocycles. The molecular formula is C17H16ClF3N2O4S. The average Bonchev–Trinajstić information content (AvgIpc) is 2.59. The summed E-state index contributed by atoms with van der Waals surface area (Å²) in [4.78, 5) is 12.3. The minimum absolute atomic E-state index is 0.129. The molecule has 0 heterocycles. The van der Waals surface area contributed by atoms with Crippen molar-refractivity contribution in [3.8, 4) is 5.75 Å². The van der Waals surface area contributed by atoms with Crippen LogP contribution in [0.5, 0.6) is 5.75 Å². The van der Waals surface area contributed by atoms with Crippen LogP contribution in [0.4, 0.5) is 24.5 Å². The van der Waals surface area contributed by atoms with Crippen molar-refractivity contribution in [1.82, 2.24) is 0 Å². The first-order chi connectivity index (χ1) is 12.9. The lowest BCUT2D eigenvalue weighted by atomic mass is 10.1. The lowest BCUT2D eigenvalue weighted by Gasteiger charge is -2.23. The van der Waals surface area contributed by atoms with Gasteiger partial charge in [0.25, 0.3) is 0 Å². The van der Waals surface area contributed by atoms with Crippen LogP contribution in [0, 0.1) is 0 Å². The number of alkyl halides is 3. The van der Waals surface area contributed by atoms with E-state index in [0.29, 0.717) is 11.8 Å². The third kappa shape index (κ3) is 5.52. The highest BCUT2D eigenvalue weighted by molar-refractivity contribution is 7.92. The van der Waals surface area contributed by atoms with E-state index in [4.69, 9.17) is 16.3 Å². The second kappa shape index (κ2) is 8.27. The third-order valence-electron chi connectivity index (χ3n) is 3.59. The molecule has 0 radical (unpaired) electrons. The van der Waals surface area contributed by atoms with Crippen molar-refractivity contribution in [3.05, 3.63) is 53.1 Å². The zero-order valence-corrected chi connectivity index (χ0v) is 16.3. The zero-order valence-electron chi connectivity index (χ0n) is 14.7. The number of halogens is 4. The first kappa shape index (κ1) is 21.8. The number of hydrogen-bond donors (Lipinski definition) is 1. The first-order valence-electron chi connectivity index (χ1n) is 7.70. The van der Waals surface area contributed by atoms with E-state index >= 15 is 0 Å². The van der Waals surface area contributed by atoms with E-state index in [1.807, 2.05) is 0 Å². The predicted octanol–water partition coefficient (Wildman–Crippen LogP) is 3.77. The van der Waals surface area contributed by atoms with Crippen LogP contribution in [0.3, 0.4) is 0 Å². The standard InChI is InChI=1S/C17H16ClF3N2O4S/c1-27-13-5-3-4-12(9-13)23(28(2,25)26)10-16(24)22-15-7-6-11(18)8-14(15)17(19,20)21/h3-9H,10H2,1-2H3,(H,22,24). The summed E-state index contributed by atoms with van der Waals surface area (Å²) in [5.41, 5.74) is -1.54. The van der Waals surface area contributed by atoms with Crippen LogP contribution < -0.4 is 14.4 Å². The Hall–Kier alpha value is -2.46. The van der Waals surface area contributed by atoms with Crippen LogP contribution in [0.1, 0.15) is 5.56 Å². The van der Waals surface area contributed by atoms with Gasteiger partial charge < -0.3 is 10.1 Å². The molecule has 1 N–H and O–H groups in total. The molecule has 0 saturated carbocycles. The number of sulfonamides is 1. The van der Waals surface area contributed by atoms with Crippen molar-refractivity contribution in [2.45, 2.75) is 6.18 Å². The summed E-state index contributed by atoms with van der Waals surface area (Å²) in [6.07, 6.45) is -3.87. The summed E-state index contributed by atoms with van der Waals surface area (Å²) in [7, 11) is -2.52. The van der Waals surface area contributed by atoms with E-state index in [2.05, 4.69) is 5.32 Å². The van der Waals surface area contributed by atoms with Crippen LogP contribution in [-0.2, 0) is 21.0 Å². The number of nitrogens with zero attached hydrogens (tertiary/aromatic N) is 1. The molecule has 0 spiro atoms. The van der Waals surface area contributed by atoms with Gasteiger partial charge in [0.2, 0.25) is 15.9 Å². The van der Waals surface area contributed by atoms with Gasteiger partial charge in [-0.05, 0) is 30.3 Å². The van der Waals surface area contributed by atoms with Gasteiger partial charge >= 0.3 is 6.18 Å². The molecule has 0 saturated heterocycles. The van der Waals surface area contributed by atoms with Gasteiger partial charge in [-0.25, -0.2) is 8.42 Å². The SMILES string of the molecule is COc1cccc(N(CC(=O)Nc2ccc(Cl)cc2C(F)(F)F)S(C)(=O)=O)c1. The van der Waals surface area contributed by atoms with Gasteiger partial charge in [0, 0.05) is 11.1 Å². The van der Waals surface area contributed by atoms with Crippen molar-refractivity contribution >= 4 is 38.9 Å². The van der Waals surface area contributed by atoms with Crippen molar-refractivity contribution in [2.24, 2.45) is 0 Å². The number of hydrogen-bond acceptors (Lipinski definition) is 4. The Morgan fingerprint density at radius 3 is 2.46 bits per heavy atom. The van der Waals surface area contributed by atoms with Crippen LogP contribution in [-0.4, -0.2) is 34.2 Å². The van der Waals surface area contributed by atoms with Crippen molar-refractivity contribution in [1.29, 1.82) is 0 Å². The average molecular weight is 437 g/mol. The lowest BCUT2D eigenvalue weighted by Crippen LogP contribution is -2.37. The van der Waals surface area contributed by atoms with Crippen LogP contribution in [0.15, 0.2) is 42.5 Å². The normalized spacial score (nSPS) is 11.8. The molecule has 11 heteroatoms. The van der Waals surface area contributed by atoms with E-state index in [9.17, 15) is 26.4 Å². The quantitative estimate of drug-likeness (QED) is 0.748. The molecule has 0 bridgehead atoms. The molecule has 28 heavy (non-hydrogen) atoms. The number of nitrogens with one attached hydrogen (secondary N) is 1. The second-order valence-corrected chi connectivity index (χ2v) is 8.05. The number of anilines is 2. The minimum atomic E-state index is -4.75. The van der Waals surface area contributed by atoms with Crippen LogP contribution >= 0.6 is 11.6 Å². The maximum atomic E-state index is 13.1. The molecule has 0 fully saturated rings. The monoisotopic (exact) mass is 436 g/mol. The third-order valence-corrected chi connectivity index (χ3v) is 4.97. The number of carbonyl (C=O) groups excluding carboxylic acids is 1. The Labute approximate surface area is 164 Å². The van der Waals surface area contributed by atoms with Crippen LogP contribution in [0.2, 0.25) is 5.02 Å². The fourth-order valence-corrected chi connectivity index (χ4v) is 3.37. The van der Waals surface area contributed by atoms with E-state index in [-0.39, 0.29) is 10.7 Å². The Kier molecular flexibility index (Phi) is 6.45. The summed E-state index contributed by atoms with van der Waals surface area (Å²) in [6, 6.07) is 8.77. The number of rotatable bonds is 6. The number of benzene rings is 2. The maximum absolute atomic E-state index is 13.1. The van der Waals surface area contributed by atoms with Gasteiger partial charge in [-0.15, -0.1) is 0 Å². The Balaban J connectivity index is 2.31. The predicted molar refractivity (Wildman–Crippen MR) is 100 cm³/mol. The molecule has 2 aromatic carbocycles. The highest BCUT2D eigenvalue weighted by atomic mass is 35.5. The first-order valence-corrected chi connectivity index (χ1v) is 9.93. The molecule has 152 valence electrons. The van der Waals surface area contributed by atoms with Crippen molar-refractivity contribution in [3.63, 3.8) is 0 Å². The van der Waals surface area contributed by atoms with E-state index in [1.165, 1.54) is 31.4 Å². The summed E-state index contributed by atoms with van der Waals surface area (Å²) < 4.78 is 69.4. The highest BCUT2D eigenvalue weighted by Crippen LogP contribution is 2.36. The van der Waals surface area contributed by atoms with E-state index < -0.39 is 39.9 Å². The topological polar surface area (TPSA) is 75.7 Å². The molecule has 0 aliphatic heterocycles. The largest absolute Gasteiger partial charge is 0.497 e. The number of methoxy groups -OCH3 is 1. The number of carbonyl (C=O) groups is 1. The number of ether oxygens (including phenoxy) is 1. The molecule has 0 aliphatic rings. The summed E-state index contributed by atoms with van der Waals surface area (Å²) in [5, 5.41) is 1.94. The highest BCUT2D eigenvalue weighted by Gasteiger charge is 2.34. The fourth-order valence-electron chi connectivity index (χ4n) is 2.35. The Bertz CT molecular complexity index is 981. The van der Waals surface area contributed by atoms with Gasteiger partial charge in [-0.1, -0.05) is 17.7 Å². The molecular weight excluding hydrogens is 421 g/mol. The second-order valence-electron chi connectivity index (χ2n) is 5.71. The molecule has 0 unspecified atom stereocenters. The molecule has 2 aromatic rings. The van der Waals surface area contributed by atoms with Crippen molar-refractivity contribution < 1.29 is 31.1 Å². The van der Waals surface area contributed by atoms with E-state index in [1.54, 1.807) is 6.07 Å². The molecule has 2 rings (SSSR count). The van der Waals surface area contributed by atoms with E-state index in [0.717, 1.165) is 16.6 Å². The minimum Gasteiger partial charge on any atom is -0.497 e. The van der Waals surface area contributed by atoms with Gasteiger partial charge in [-0.2, -0.15) is 13.2 Å². The fraction of sp³-hybridized carbons (Fsp3) is 0.235. The Morgan fingerprint density at radius 1 is 1.21 bits per heavy atom. The summed E-state index contributed by atoms with van der Waals surface area (Å²) in [6.45, 7) is -0.730. The van der Waals surface area contributed by atoms with Gasteiger partial charge in [-0.3, -0.25) is 9.10 Å². The van der Waals surface area contributed by atoms with Gasteiger partial charge in [0.05, 0.1) is 30.3 Å². The Morgan fingerprint density at radius 2 is 1.89 bits per heavy atom. The zero-order chi connectivity index (χ0) is 21.1. The lowest BCUT2D eigenvalue weighted by molar-refractivity contribution is -0.137. The molecule has 0 aromatic heterocycles. The molecule has 0 atom stereocenters. The van der Waals surface area contributed by atoms with Gasteiger partial charge in [0.15, 0.2) is 0 Å². The summed E-state index contributed by atoms with van der Waals surface area (Å²) >= 11 is 5.60. The summed E-state index contributed by atoms with van der Waals surface area (Å²) in [5.74, 6) is -0.607. The molecule has 6 nitrogen and oxygen atoms in total. The maximum Gasteiger partial charge on any atom is 0.418 e. The smallest absolute Gasteiger partial charge is 0.418 e. The van der Waals surface area contributed by atoms with Crippen LogP contribution in [0.25, 0.3) is 0 Å². The number of amides is 1. The van der Waals surface area contributed by atoms with Crippen molar-refractivity contribution in [2.75, 3.05) is 29.5 Å². The molecule has 1 amide bonds.